The maximum Gasteiger partial charge on any atom is 0.207 e. The second kappa shape index (κ2) is 4.13. The first kappa shape index (κ1) is 8.21. The summed E-state index contributed by atoms with van der Waals surface area (Å²) in [7, 11) is 0. The van der Waals surface area contributed by atoms with Gasteiger partial charge in [-0.25, -0.2) is 0 Å². The van der Waals surface area contributed by atoms with Crippen molar-refractivity contribution in [1.82, 2.24) is 5.32 Å². The standard InChI is InChI=1S/C7H13NO/c1-4-7(6(2)3)8-5-9/h4-7H,1H2,2-3H3,(H,8,9)/t7-/m1/s1. The number of nitrogens with one attached hydrogen (secondary N) is 1. The Bertz CT molecular complexity index is 99.1. The van der Waals surface area contributed by atoms with Crippen LogP contribution in [0.4, 0.5) is 0 Å². The summed E-state index contributed by atoms with van der Waals surface area (Å²) in [6, 6.07) is 0.113. The molecular formula is C7H13NO. The molecule has 0 unspecified atom stereocenters. The molecule has 0 aliphatic rings. The number of rotatable bonds is 4. The minimum Gasteiger partial charge on any atom is -0.352 e. The molecular weight excluding hydrogens is 114 g/mol. The van der Waals surface area contributed by atoms with Gasteiger partial charge in [-0.05, 0) is 5.92 Å². The molecule has 0 aromatic heterocycles. The van der Waals surface area contributed by atoms with E-state index in [0.717, 1.165) is 0 Å². The minimum absolute atomic E-state index is 0.113. The highest BCUT2D eigenvalue weighted by molar-refractivity contribution is 5.47. The molecule has 0 aliphatic carbocycles. The van der Waals surface area contributed by atoms with E-state index in [0.29, 0.717) is 12.3 Å². The van der Waals surface area contributed by atoms with Gasteiger partial charge in [0.05, 0.1) is 0 Å². The molecule has 0 aliphatic heterocycles. The van der Waals surface area contributed by atoms with Gasteiger partial charge in [0.25, 0.3) is 0 Å². The van der Waals surface area contributed by atoms with Crippen molar-refractivity contribution in [2.45, 2.75) is 19.9 Å². The van der Waals surface area contributed by atoms with Gasteiger partial charge in [-0.15, -0.1) is 6.58 Å². The monoisotopic (exact) mass is 127 g/mol. The number of carbonyl (C=O) groups excluding carboxylic acids is 1. The Morgan fingerprint density at radius 1 is 1.56 bits per heavy atom. The van der Waals surface area contributed by atoms with Crippen LogP contribution in [0.3, 0.4) is 0 Å². The summed E-state index contributed by atoms with van der Waals surface area (Å²) in [6.07, 6.45) is 2.44. The first-order valence-corrected chi connectivity index (χ1v) is 3.04. The van der Waals surface area contributed by atoms with E-state index in [9.17, 15) is 4.79 Å². The molecule has 0 bridgehead atoms. The third-order valence-corrected chi connectivity index (χ3v) is 1.23. The topological polar surface area (TPSA) is 29.1 Å². The molecule has 0 saturated carbocycles. The van der Waals surface area contributed by atoms with Crippen molar-refractivity contribution < 1.29 is 4.79 Å². The van der Waals surface area contributed by atoms with Crippen LogP contribution in [0.15, 0.2) is 12.7 Å². The van der Waals surface area contributed by atoms with Crippen LogP contribution in [-0.2, 0) is 4.79 Å². The lowest BCUT2D eigenvalue weighted by molar-refractivity contribution is -0.110. The first-order chi connectivity index (χ1) is 4.22. The average Bonchev–Trinajstić information content (AvgIpc) is 1.82. The Hall–Kier alpha value is -0.790. The van der Waals surface area contributed by atoms with E-state index in [2.05, 4.69) is 11.9 Å². The third-order valence-electron chi connectivity index (χ3n) is 1.23. The summed E-state index contributed by atoms with van der Waals surface area (Å²) in [4.78, 5) is 9.92. The quantitative estimate of drug-likeness (QED) is 0.442. The molecule has 1 amide bonds. The van der Waals surface area contributed by atoms with Gasteiger partial charge in [0.1, 0.15) is 0 Å². The van der Waals surface area contributed by atoms with Crippen LogP contribution >= 0.6 is 0 Å². The van der Waals surface area contributed by atoms with Crippen LogP contribution < -0.4 is 5.32 Å². The number of hydrogen-bond donors (Lipinski definition) is 1. The Morgan fingerprint density at radius 2 is 2.11 bits per heavy atom. The van der Waals surface area contributed by atoms with Crippen LogP contribution in [0.5, 0.6) is 0 Å². The van der Waals surface area contributed by atoms with Crippen molar-refractivity contribution in [3.05, 3.63) is 12.7 Å². The average molecular weight is 127 g/mol. The van der Waals surface area contributed by atoms with Crippen LogP contribution in [0.2, 0.25) is 0 Å². The smallest absolute Gasteiger partial charge is 0.207 e. The van der Waals surface area contributed by atoms with Crippen molar-refractivity contribution >= 4 is 6.41 Å². The molecule has 0 fully saturated rings. The Kier molecular flexibility index (Phi) is 3.76. The predicted molar refractivity (Wildman–Crippen MR) is 38.0 cm³/mol. The molecule has 2 heteroatoms. The van der Waals surface area contributed by atoms with Gasteiger partial charge in [0, 0.05) is 6.04 Å². The van der Waals surface area contributed by atoms with Crippen molar-refractivity contribution in [2.75, 3.05) is 0 Å². The summed E-state index contributed by atoms with van der Waals surface area (Å²) in [5.74, 6) is 0.424. The van der Waals surface area contributed by atoms with Gasteiger partial charge in [0.15, 0.2) is 0 Å². The fourth-order valence-electron chi connectivity index (χ4n) is 0.611. The molecule has 9 heavy (non-hydrogen) atoms. The minimum atomic E-state index is 0.113. The zero-order valence-corrected chi connectivity index (χ0v) is 5.92. The zero-order chi connectivity index (χ0) is 7.28. The van der Waals surface area contributed by atoms with Gasteiger partial charge >= 0.3 is 0 Å². The van der Waals surface area contributed by atoms with E-state index < -0.39 is 0 Å². The lowest BCUT2D eigenvalue weighted by Gasteiger charge is -2.14. The summed E-state index contributed by atoms with van der Waals surface area (Å²) < 4.78 is 0. The Labute approximate surface area is 56.0 Å². The van der Waals surface area contributed by atoms with E-state index in [1.54, 1.807) is 6.08 Å². The Morgan fingerprint density at radius 3 is 2.22 bits per heavy atom. The van der Waals surface area contributed by atoms with E-state index in [1.165, 1.54) is 0 Å². The van der Waals surface area contributed by atoms with E-state index >= 15 is 0 Å². The van der Waals surface area contributed by atoms with Gasteiger partial charge in [-0.2, -0.15) is 0 Å². The van der Waals surface area contributed by atoms with Crippen LogP contribution in [0.1, 0.15) is 13.8 Å². The summed E-state index contributed by atoms with van der Waals surface area (Å²) in [5, 5.41) is 2.63. The van der Waals surface area contributed by atoms with E-state index in [-0.39, 0.29) is 6.04 Å². The maximum absolute atomic E-state index is 9.92. The van der Waals surface area contributed by atoms with Crippen molar-refractivity contribution in [1.29, 1.82) is 0 Å². The second-order valence-corrected chi connectivity index (χ2v) is 2.29. The SMILES string of the molecule is C=C[C@@H](NC=O)C(C)C. The van der Waals surface area contributed by atoms with Gasteiger partial charge in [-0.3, -0.25) is 4.79 Å². The van der Waals surface area contributed by atoms with E-state index in [1.807, 2.05) is 13.8 Å². The van der Waals surface area contributed by atoms with Crippen molar-refractivity contribution in [3.63, 3.8) is 0 Å². The number of hydrogen-bond acceptors (Lipinski definition) is 1. The molecule has 0 saturated heterocycles. The summed E-state index contributed by atoms with van der Waals surface area (Å²) in [6.45, 7) is 7.64. The maximum atomic E-state index is 9.92. The Balaban J connectivity index is 3.66. The highest BCUT2D eigenvalue weighted by atomic mass is 16.1. The molecule has 0 rings (SSSR count). The third kappa shape index (κ3) is 2.90. The van der Waals surface area contributed by atoms with Crippen molar-refractivity contribution in [3.8, 4) is 0 Å². The van der Waals surface area contributed by atoms with Gasteiger partial charge in [-0.1, -0.05) is 19.9 Å². The molecule has 0 spiro atoms. The fraction of sp³-hybridized carbons (Fsp3) is 0.571. The lowest BCUT2D eigenvalue weighted by atomic mass is 10.1. The molecule has 0 radical (unpaired) electrons. The number of amides is 1. The normalized spacial score (nSPS) is 12.8. The molecule has 0 aromatic carbocycles. The largest absolute Gasteiger partial charge is 0.352 e. The van der Waals surface area contributed by atoms with Crippen molar-refractivity contribution in [2.24, 2.45) is 5.92 Å². The van der Waals surface area contributed by atoms with Gasteiger partial charge in [0.2, 0.25) is 6.41 Å². The predicted octanol–water partition coefficient (Wildman–Crippen LogP) is 0.943. The molecule has 1 N–H and O–H groups in total. The molecule has 1 atom stereocenters. The molecule has 52 valence electrons. The molecule has 0 aromatic rings. The second-order valence-electron chi connectivity index (χ2n) is 2.29. The summed E-state index contributed by atoms with van der Waals surface area (Å²) >= 11 is 0. The highest BCUT2D eigenvalue weighted by Crippen LogP contribution is 1.99. The highest BCUT2D eigenvalue weighted by Gasteiger charge is 2.05. The van der Waals surface area contributed by atoms with Crippen LogP contribution in [-0.4, -0.2) is 12.5 Å². The molecule has 2 nitrogen and oxygen atoms in total. The fourth-order valence-corrected chi connectivity index (χ4v) is 0.611. The zero-order valence-electron chi connectivity index (χ0n) is 5.92. The van der Waals surface area contributed by atoms with Crippen LogP contribution in [0, 0.1) is 5.92 Å². The summed E-state index contributed by atoms with van der Waals surface area (Å²) in [5.41, 5.74) is 0. The lowest BCUT2D eigenvalue weighted by Crippen LogP contribution is -2.30. The van der Waals surface area contributed by atoms with Gasteiger partial charge < -0.3 is 5.32 Å². The van der Waals surface area contributed by atoms with Crippen LogP contribution in [0.25, 0.3) is 0 Å². The molecule has 0 heterocycles. The number of carbonyl (C=O) groups is 1. The van der Waals surface area contributed by atoms with E-state index in [4.69, 9.17) is 0 Å². The first-order valence-electron chi connectivity index (χ1n) is 3.04.